The fourth-order valence-electron chi connectivity index (χ4n) is 2.38. The van der Waals surface area contributed by atoms with E-state index in [1.165, 1.54) is 6.07 Å². The highest BCUT2D eigenvalue weighted by atomic mass is 79.9. The first-order valence-corrected chi connectivity index (χ1v) is 7.02. The van der Waals surface area contributed by atoms with Crippen LogP contribution in [0, 0.1) is 5.82 Å². The van der Waals surface area contributed by atoms with E-state index >= 15 is 0 Å². The quantitative estimate of drug-likeness (QED) is 0.876. The lowest BCUT2D eigenvalue weighted by Gasteiger charge is -2.14. The number of benzene rings is 1. The van der Waals surface area contributed by atoms with Crippen molar-refractivity contribution in [1.82, 2.24) is 9.97 Å². The summed E-state index contributed by atoms with van der Waals surface area (Å²) in [5, 5.41) is 0. The highest BCUT2D eigenvalue weighted by molar-refractivity contribution is 9.10. The highest BCUT2D eigenvalue weighted by Crippen LogP contribution is 2.24. The van der Waals surface area contributed by atoms with Crippen molar-refractivity contribution < 1.29 is 4.39 Å². The van der Waals surface area contributed by atoms with Gasteiger partial charge in [0.1, 0.15) is 11.6 Å². The molecule has 0 spiro atoms. The zero-order valence-corrected chi connectivity index (χ0v) is 11.8. The molecule has 0 amide bonds. The zero-order chi connectivity index (χ0) is 13.4. The fourth-order valence-corrected chi connectivity index (χ4v) is 2.76. The summed E-state index contributed by atoms with van der Waals surface area (Å²) in [5.41, 5.74) is 2.32. The van der Waals surface area contributed by atoms with Gasteiger partial charge in [0, 0.05) is 11.1 Å². The van der Waals surface area contributed by atoms with E-state index in [9.17, 15) is 9.18 Å². The number of hydrogen-bond donors (Lipinski definition) is 1. The van der Waals surface area contributed by atoms with E-state index in [0.29, 0.717) is 15.9 Å². The summed E-state index contributed by atoms with van der Waals surface area (Å²) in [7, 11) is 0. The van der Waals surface area contributed by atoms with Gasteiger partial charge in [0.2, 0.25) is 0 Å². The van der Waals surface area contributed by atoms with Gasteiger partial charge >= 0.3 is 0 Å². The number of aryl methyl sites for hydroxylation is 1. The minimum Gasteiger partial charge on any atom is -0.306 e. The molecular formula is C14H12BrFN2O. The first-order valence-electron chi connectivity index (χ1n) is 6.22. The molecule has 1 heterocycles. The second kappa shape index (κ2) is 4.89. The summed E-state index contributed by atoms with van der Waals surface area (Å²) in [6, 6.07) is 4.61. The molecule has 98 valence electrons. The Kier molecular flexibility index (Phi) is 3.22. The van der Waals surface area contributed by atoms with Gasteiger partial charge < -0.3 is 4.98 Å². The molecule has 1 N–H and O–H groups in total. The Morgan fingerprint density at radius 1 is 1.26 bits per heavy atom. The number of hydrogen-bond acceptors (Lipinski definition) is 2. The number of halogens is 2. The number of H-pyrrole nitrogens is 1. The molecule has 0 atom stereocenters. The van der Waals surface area contributed by atoms with Crippen LogP contribution < -0.4 is 5.56 Å². The maximum Gasteiger partial charge on any atom is 0.254 e. The number of aromatic amines is 1. The molecule has 0 radical (unpaired) electrons. The molecule has 0 saturated heterocycles. The number of nitrogens with zero attached hydrogens (tertiary/aromatic N) is 1. The molecule has 2 aromatic rings. The molecule has 1 aliphatic rings. The molecular weight excluding hydrogens is 311 g/mol. The van der Waals surface area contributed by atoms with Gasteiger partial charge in [0.05, 0.1) is 10.2 Å². The standard InChI is InChI=1S/C14H12BrFN2O/c15-10-7-8(5-6-11(10)16)13-17-12-4-2-1-3-9(12)14(19)18-13/h5-7H,1-4H2,(H,17,18,19). The fraction of sp³-hybridized carbons (Fsp3) is 0.286. The molecule has 5 heteroatoms. The van der Waals surface area contributed by atoms with E-state index in [4.69, 9.17) is 0 Å². The molecule has 0 bridgehead atoms. The third-order valence-electron chi connectivity index (χ3n) is 3.38. The molecule has 3 nitrogen and oxygen atoms in total. The SMILES string of the molecule is O=c1[nH]c(-c2ccc(F)c(Br)c2)nc2c1CCCC2. The second-order valence-electron chi connectivity index (χ2n) is 4.68. The molecule has 3 rings (SSSR count). The topological polar surface area (TPSA) is 45.8 Å². The van der Waals surface area contributed by atoms with Crippen LogP contribution in [-0.2, 0) is 12.8 Å². The lowest BCUT2D eigenvalue weighted by atomic mass is 9.97. The second-order valence-corrected chi connectivity index (χ2v) is 5.53. The molecule has 19 heavy (non-hydrogen) atoms. The predicted molar refractivity (Wildman–Crippen MR) is 74.6 cm³/mol. The average molecular weight is 323 g/mol. The van der Waals surface area contributed by atoms with Gasteiger partial charge in [-0.05, 0) is 59.8 Å². The van der Waals surface area contributed by atoms with Gasteiger partial charge in [0.25, 0.3) is 5.56 Å². The maximum absolute atomic E-state index is 13.2. The first-order chi connectivity index (χ1) is 9.15. The highest BCUT2D eigenvalue weighted by Gasteiger charge is 2.16. The monoisotopic (exact) mass is 322 g/mol. The summed E-state index contributed by atoms with van der Waals surface area (Å²) in [6.45, 7) is 0. The van der Waals surface area contributed by atoms with Crippen LogP contribution in [0.5, 0.6) is 0 Å². The van der Waals surface area contributed by atoms with E-state index < -0.39 is 0 Å². The van der Waals surface area contributed by atoms with Crippen molar-refractivity contribution in [2.45, 2.75) is 25.7 Å². The summed E-state index contributed by atoms with van der Waals surface area (Å²) in [4.78, 5) is 19.3. The molecule has 0 unspecified atom stereocenters. The Morgan fingerprint density at radius 3 is 2.84 bits per heavy atom. The smallest absolute Gasteiger partial charge is 0.254 e. The maximum atomic E-state index is 13.2. The van der Waals surface area contributed by atoms with E-state index in [1.807, 2.05) is 0 Å². The van der Waals surface area contributed by atoms with Crippen LogP contribution in [0.15, 0.2) is 27.5 Å². The van der Waals surface area contributed by atoms with Crippen molar-refractivity contribution in [3.8, 4) is 11.4 Å². The Morgan fingerprint density at radius 2 is 2.05 bits per heavy atom. The molecule has 0 fully saturated rings. The van der Waals surface area contributed by atoms with Crippen LogP contribution in [-0.4, -0.2) is 9.97 Å². The van der Waals surface area contributed by atoms with E-state index in [1.54, 1.807) is 12.1 Å². The number of rotatable bonds is 1. The van der Waals surface area contributed by atoms with Gasteiger partial charge in [-0.3, -0.25) is 4.79 Å². The minimum absolute atomic E-state index is 0.0693. The van der Waals surface area contributed by atoms with Crippen molar-refractivity contribution in [3.05, 3.63) is 50.1 Å². The van der Waals surface area contributed by atoms with E-state index in [-0.39, 0.29) is 11.4 Å². The van der Waals surface area contributed by atoms with Crippen LogP contribution in [0.2, 0.25) is 0 Å². The van der Waals surface area contributed by atoms with E-state index in [2.05, 4.69) is 25.9 Å². The van der Waals surface area contributed by atoms with Gasteiger partial charge in [-0.25, -0.2) is 9.37 Å². The van der Waals surface area contributed by atoms with Gasteiger partial charge in [-0.2, -0.15) is 0 Å². The van der Waals surface area contributed by atoms with Crippen LogP contribution in [0.1, 0.15) is 24.1 Å². The van der Waals surface area contributed by atoms with Crippen molar-refractivity contribution >= 4 is 15.9 Å². The molecule has 1 aromatic carbocycles. The largest absolute Gasteiger partial charge is 0.306 e. The molecule has 0 saturated carbocycles. The van der Waals surface area contributed by atoms with Crippen LogP contribution in [0.25, 0.3) is 11.4 Å². The van der Waals surface area contributed by atoms with Gasteiger partial charge in [-0.15, -0.1) is 0 Å². The lowest BCUT2D eigenvalue weighted by molar-refractivity contribution is 0.621. The van der Waals surface area contributed by atoms with Crippen LogP contribution >= 0.6 is 15.9 Å². The van der Waals surface area contributed by atoms with Crippen LogP contribution in [0.4, 0.5) is 4.39 Å². The third kappa shape index (κ3) is 2.34. The van der Waals surface area contributed by atoms with Gasteiger partial charge in [-0.1, -0.05) is 0 Å². The molecule has 1 aliphatic carbocycles. The number of aromatic nitrogens is 2. The normalized spacial score (nSPS) is 14.2. The van der Waals surface area contributed by atoms with Crippen molar-refractivity contribution in [1.29, 1.82) is 0 Å². The van der Waals surface area contributed by atoms with Crippen molar-refractivity contribution in [2.24, 2.45) is 0 Å². The zero-order valence-electron chi connectivity index (χ0n) is 10.2. The Hall–Kier alpha value is -1.49. The molecule has 0 aliphatic heterocycles. The number of nitrogens with one attached hydrogen (secondary N) is 1. The number of fused-ring (bicyclic) bond motifs is 1. The summed E-state index contributed by atoms with van der Waals surface area (Å²) >= 11 is 3.14. The summed E-state index contributed by atoms with van der Waals surface area (Å²) in [6.07, 6.45) is 3.74. The van der Waals surface area contributed by atoms with Gasteiger partial charge in [0.15, 0.2) is 0 Å². The molecule has 1 aromatic heterocycles. The third-order valence-corrected chi connectivity index (χ3v) is 3.99. The minimum atomic E-state index is -0.330. The Balaban J connectivity index is 2.12. The first kappa shape index (κ1) is 12.5. The summed E-state index contributed by atoms with van der Waals surface area (Å²) in [5.74, 6) is 0.176. The average Bonchev–Trinajstić information content (AvgIpc) is 2.42. The lowest BCUT2D eigenvalue weighted by Crippen LogP contribution is -2.21. The van der Waals surface area contributed by atoms with Crippen molar-refractivity contribution in [2.75, 3.05) is 0 Å². The summed E-state index contributed by atoms with van der Waals surface area (Å²) < 4.78 is 13.6. The van der Waals surface area contributed by atoms with Crippen LogP contribution in [0.3, 0.4) is 0 Å². The van der Waals surface area contributed by atoms with E-state index in [0.717, 1.165) is 36.9 Å². The van der Waals surface area contributed by atoms with Crippen molar-refractivity contribution in [3.63, 3.8) is 0 Å². The Labute approximate surface area is 118 Å². The predicted octanol–water partition coefficient (Wildman–Crippen LogP) is 3.22. The Bertz CT molecular complexity index is 696.